The molecule has 0 saturated carbocycles. The number of phenolic OH excluding ortho intramolecular Hbond substituents is 1. The van der Waals surface area contributed by atoms with Gasteiger partial charge in [-0.1, -0.05) is 41.0 Å². The zero-order valence-electron chi connectivity index (χ0n) is 33.3. The van der Waals surface area contributed by atoms with Gasteiger partial charge in [0, 0.05) is 40.2 Å². The molecule has 0 saturated heterocycles. The van der Waals surface area contributed by atoms with Crippen molar-refractivity contribution in [1.82, 2.24) is 0 Å². The van der Waals surface area contributed by atoms with E-state index in [-0.39, 0.29) is 34.3 Å². The van der Waals surface area contributed by atoms with Crippen LogP contribution in [-0.2, 0) is 30.7 Å². The zero-order chi connectivity index (χ0) is 40.9. The van der Waals surface area contributed by atoms with Crippen LogP contribution in [0.1, 0.15) is 75.6 Å². The largest absolute Gasteiger partial charge is 0.755 e. The van der Waals surface area contributed by atoms with Crippen LogP contribution in [0.25, 0.3) is 21.9 Å². The Kier molecular flexibility index (Phi) is 15.6. The van der Waals surface area contributed by atoms with Crippen molar-refractivity contribution in [3.63, 3.8) is 0 Å². The highest BCUT2D eigenvalue weighted by atomic mass is 32.2. The molecule has 0 fully saturated rings. The van der Waals surface area contributed by atoms with E-state index >= 15 is 0 Å². The average Bonchev–Trinajstić information content (AvgIpc) is 3.17. The molecule has 1 unspecified atom stereocenters. The first-order valence-electron chi connectivity index (χ1n) is 19.2. The number of allylic oxidation sites excluding steroid dienone is 4. The van der Waals surface area contributed by atoms with Crippen LogP contribution in [0, 0.1) is 6.92 Å². The second-order valence-electron chi connectivity index (χ2n) is 14.3. The molecule has 1 heterocycles. The van der Waals surface area contributed by atoms with Gasteiger partial charge in [0.15, 0.2) is 0 Å². The number of fused-ring (bicyclic) bond motifs is 2. The fraction of sp³-hybridized carbons (Fsp3) is 0.356. The molecule has 5 rings (SSSR count). The molecule has 0 aliphatic heterocycles. The van der Waals surface area contributed by atoms with Crippen molar-refractivity contribution in [2.24, 2.45) is 0 Å². The fourth-order valence-electron chi connectivity index (χ4n) is 6.23. The van der Waals surface area contributed by atoms with E-state index in [9.17, 15) is 23.8 Å². The van der Waals surface area contributed by atoms with Gasteiger partial charge in [0.2, 0.25) is 5.43 Å². The number of unbranched alkanes of at least 4 members (excludes halogenated alkanes) is 2. The highest BCUT2D eigenvalue weighted by Crippen LogP contribution is 2.39. The molecule has 0 aliphatic rings. The molecule has 0 spiro atoms. The van der Waals surface area contributed by atoms with Crippen LogP contribution < -0.4 is 29.1 Å². The van der Waals surface area contributed by atoms with Crippen LogP contribution in [0.15, 0.2) is 93.2 Å². The molecule has 1 atom stereocenters. The van der Waals surface area contributed by atoms with Crippen molar-refractivity contribution >= 4 is 38.9 Å². The maximum absolute atomic E-state index is 14.5. The summed E-state index contributed by atoms with van der Waals surface area (Å²) < 4.78 is 54.5. The first-order valence-corrected chi connectivity index (χ1v) is 20.2. The Morgan fingerprint density at radius 3 is 1.70 bits per heavy atom. The fourth-order valence-corrected chi connectivity index (χ4v) is 6.56. The molecule has 304 valence electrons. The summed E-state index contributed by atoms with van der Waals surface area (Å²) in [6.07, 6.45) is 7.40. The number of rotatable bonds is 21. The summed E-state index contributed by atoms with van der Waals surface area (Å²) in [4.78, 5) is 14.5. The Bertz CT molecular complexity index is 2270. The van der Waals surface area contributed by atoms with E-state index < -0.39 is 16.7 Å². The molecular formula is C45H52NO10S-. The number of benzene rings is 4. The number of aromatic hydroxyl groups is 1. The van der Waals surface area contributed by atoms with Crippen LogP contribution in [0.4, 0.5) is 5.69 Å². The Morgan fingerprint density at radius 1 is 0.719 bits per heavy atom. The van der Waals surface area contributed by atoms with Gasteiger partial charge in [-0.15, -0.1) is 0 Å². The van der Waals surface area contributed by atoms with E-state index in [1.54, 1.807) is 36.4 Å². The van der Waals surface area contributed by atoms with Gasteiger partial charge in [-0.2, -0.15) is 0 Å². The van der Waals surface area contributed by atoms with Crippen molar-refractivity contribution in [3.05, 3.63) is 116 Å². The first kappa shape index (κ1) is 42.8. The van der Waals surface area contributed by atoms with Crippen molar-refractivity contribution in [3.8, 4) is 28.7 Å². The quantitative estimate of drug-likeness (QED) is 0.0283. The van der Waals surface area contributed by atoms with Gasteiger partial charge in [-0.05, 0) is 115 Å². The average molecular weight is 799 g/mol. The van der Waals surface area contributed by atoms with Crippen LogP contribution in [0.2, 0.25) is 0 Å². The number of nitrogens with one attached hydrogen (secondary N) is 1. The summed E-state index contributed by atoms with van der Waals surface area (Å²) in [5.41, 5.74) is 5.29. The lowest BCUT2D eigenvalue weighted by Crippen LogP contribution is -2.12. The third kappa shape index (κ3) is 11.9. The van der Waals surface area contributed by atoms with Gasteiger partial charge in [-0.3, -0.25) is 9.00 Å². The third-order valence-corrected chi connectivity index (χ3v) is 9.67. The third-order valence-electron chi connectivity index (χ3n) is 9.27. The Labute approximate surface area is 336 Å². The van der Waals surface area contributed by atoms with Gasteiger partial charge >= 0.3 is 0 Å². The summed E-state index contributed by atoms with van der Waals surface area (Å²) in [6, 6.07) is 17.8. The lowest BCUT2D eigenvalue weighted by molar-refractivity contribution is 0.249. The number of aliphatic hydroxyl groups excluding tert-OH is 1. The van der Waals surface area contributed by atoms with Gasteiger partial charge in [0.05, 0.1) is 38.4 Å². The highest BCUT2D eigenvalue weighted by molar-refractivity contribution is 7.80. The first-order chi connectivity index (χ1) is 27.4. The molecule has 57 heavy (non-hydrogen) atoms. The monoisotopic (exact) mass is 798 g/mol. The lowest BCUT2D eigenvalue weighted by Gasteiger charge is -2.18. The molecule has 0 bridgehead atoms. The minimum Gasteiger partial charge on any atom is -0.755 e. The predicted octanol–water partition coefficient (Wildman–Crippen LogP) is 9.15. The van der Waals surface area contributed by atoms with Crippen LogP contribution in [0.3, 0.4) is 0 Å². The van der Waals surface area contributed by atoms with Gasteiger partial charge in [0.25, 0.3) is 0 Å². The Hall–Kier alpha value is -5.30. The van der Waals surface area contributed by atoms with Crippen LogP contribution in [0.5, 0.6) is 28.7 Å². The summed E-state index contributed by atoms with van der Waals surface area (Å²) in [7, 11) is 0. The summed E-state index contributed by atoms with van der Waals surface area (Å²) in [5.74, 6) is 2.07. The number of ether oxygens (including phenoxy) is 4. The summed E-state index contributed by atoms with van der Waals surface area (Å²) in [6.45, 7) is 11.1. The predicted molar refractivity (Wildman–Crippen MR) is 224 cm³/mol. The minimum absolute atomic E-state index is 0.0563. The summed E-state index contributed by atoms with van der Waals surface area (Å²) >= 11 is -2.40. The number of aliphatic hydroxyl groups is 1. The molecule has 1 aromatic heterocycles. The second-order valence-corrected chi connectivity index (χ2v) is 15.0. The molecule has 3 N–H and O–H groups in total. The Balaban J connectivity index is 1.38. The summed E-state index contributed by atoms with van der Waals surface area (Å²) in [5, 5.41) is 22.7. The van der Waals surface area contributed by atoms with Crippen LogP contribution in [-0.4, -0.2) is 45.4 Å². The molecule has 12 heteroatoms. The minimum atomic E-state index is -2.40. The van der Waals surface area contributed by atoms with E-state index in [2.05, 4.69) is 4.72 Å². The number of aryl methyl sites for hydroxylation is 1. The number of phenols is 1. The maximum Gasteiger partial charge on any atom is 0.204 e. The van der Waals surface area contributed by atoms with Gasteiger partial charge in [-0.25, -0.2) is 0 Å². The topological polar surface area (TPSA) is 160 Å². The van der Waals surface area contributed by atoms with Gasteiger partial charge < -0.3 is 42.9 Å². The molecule has 0 amide bonds. The number of hydrogen-bond acceptors (Lipinski definition) is 10. The Morgan fingerprint density at radius 2 is 1.19 bits per heavy atom. The number of hydrogen-bond donors (Lipinski definition) is 3. The second kappa shape index (κ2) is 20.7. The molecule has 4 aromatic carbocycles. The lowest BCUT2D eigenvalue weighted by atomic mass is 9.95. The van der Waals surface area contributed by atoms with E-state index in [0.717, 1.165) is 23.3 Å². The van der Waals surface area contributed by atoms with Crippen LogP contribution >= 0.6 is 0 Å². The van der Waals surface area contributed by atoms with Crippen molar-refractivity contribution in [1.29, 1.82) is 0 Å². The van der Waals surface area contributed by atoms with E-state index in [1.807, 2.05) is 71.0 Å². The van der Waals surface area contributed by atoms with Crippen molar-refractivity contribution in [2.45, 2.75) is 79.8 Å². The van der Waals surface area contributed by atoms with Gasteiger partial charge in [0.1, 0.15) is 45.3 Å². The smallest absolute Gasteiger partial charge is 0.204 e. The highest BCUT2D eigenvalue weighted by Gasteiger charge is 2.24. The normalized spacial score (nSPS) is 11.6. The van der Waals surface area contributed by atoms with E-state index in [1.165, 1.54) is 5.56 Å². The van der Waals surface area contributed by atoms with E-state index in [0.29, 0.717) is 98.2 Å². The maximum atomic E-state index is 14.5. The molecule has 11 nitrogen and oxygen atoms in total. The standard InChI is InChI=1S/C45H53NO10S/c1-29(2)10-20-35-37(28-47)39(55-25-9-7-23-53-34-18-14-32(15-19-34)46-57(50)51)27-40-42(35)45(49)43-41(56-40)26-38(36(44(43)48)21-11-30(3)4)54-24-8-6-22-52-33-16-12-31(5)13-17-33/h10-19,26-27,46-48H,6-9,20-25,28H2,1-5H3,(H,50,51)/p-1. The molecule has 0 aliphatic carbocycles. The molecular weight excluding hydrogens is 747 g/mol. The SMILES string of the molecule is CC(C)=CCc1c(OCCCCOc2ccc(C)cc2)cc2oc3cc(OCCCCOc4ccc(NS(=O)[O-])cc4)c(CO)c(CC=C(C)C)c3c(=O)c2c1O. The molecule has 5 aromatic rings. The number of anilines is 1. The van der Waals surface area contributed by atoms with E-state index in [4.69, 9.17) is 23.4 Å². The van der Waals surface area contributed by atoms with Crippen molar-refractivity contribution < 1.29 is 42.3 Å². The molecule has 0 radical (unpaired) electrons. The van der Waals surface area contributed by atoms with Crippen molar-refractivity contribution in [2.75, 3.05) is 31.1 Å². The zero-order valence-corrected chi connectivity index (χ0v) is 34.1.